The highest BCUT2D eigenvalue weighted by atomic mass is 16.7. The minimum Gasteiger partial charge on any atom is -0.347 e. The molecule has 150 valence electrons. The Kier molecular flexibility index (Phi) is 4.78. The second kappa shape index (κ2) is 6.61. The lowest BCUT2D eigenvalue weighted by Gasteiger charge is -2.64. The first-order chi connectivity index (χ1) is 12.8. The number of nitrogens with zero attached hydrogens (tertiary/aromatic N) is 1. The highest BCUT2D eigenvalue weighted by molar-refractivity contribution is 5.39. The molecule has 2 saturated carbocycles. The Morgan fingerprint density at radius 2 is 1.81 bits per heavy atom. The molecule has 27 heavy (non-hydrogen) atoms. The molecule has 3 nitrogen and oxygen atoms in total. The van der Waals surface area contributed by atoms with E-state index < -0.39 is 0 Å². The topological polar surface area (TPSA) is 21.7 Å². The maximum atomic E-state index is 6.27. The first-order valence-corrected chi connectivity index (χ1v) is 10.9. The van der Waals surface area contributed by atoms with Gasteiger partial charge in [0.25, 0.3) is 0 Å². The van der Waals surface area contributed by atoms with E-state index in [1.807, 2.05) is 0 Å². The lowest BCUT2D eigenvalue weighted by molar-refractivity contribution is -0.284. The molecular weight excluding hydrogens is 334 g/mol. The van der Waals surface area contributed by atoms with Crippen LogP contribution in [0, 0.1) is 34.0 Å². The van der Waals surface area contributed by atoms with Gasteiger partial charge in [-0.3, -0.25) is 4.90 Å². The van der Waals surface area contributed by atoms with Crippen molar-refractivity contribution in [3.63, 3.8) is 0 Å². The maximum absolute atomic E-state index is 6.27. The zero-order valence-corrected chi connectivity index (χ0v) is 18.0. The predicted molar refractivity (Wildman–Crippen MR) is 109 cm³/mol. The molecule has 0 aromatic heterocycles. The smallest absolute Gasteiger partial charge is 0.173 e. The molecule has 4 rings (SSSR count). The van der Waals surface area contributed by atoms with E-state index in [4.69, 9.17) is 9.47 Å². The molecule has 1 aliphatic heterocycles. The monoisotopic (exact) mass is 371 g/mol. The Bertz CT molecular complexity index is 676. The van der Waals surface area contributed by atoms with Crippen LogP contribution < -0.4 is 0 Å². The molecule has 1 spiro atoms. The van der Waals surface area contributed by atoms with Crippen molar-refractivity contribution in [1.29, 1.82) is 0 Å². The van der Waals surface area contributed by atoms with Crippen LogP contribution in [0.25, 0.3) is 0 Å². The van der Waals surface area contributed by atoms with Gasteiger partial charge in [-0.1, -0.05) is 38.7 Å². The van der Waals surface area contributed by atoms with Crippen LogP contribution in [0.5, 0.6) is 0 Å². The van der Waals surface area contributed by atoms with Crippen molar-refractivity contribution in [2.45, 2.75) is 71.5 Å². The highest BCUT2D eigenvalue weighted by Gasteiger charge is 2.65. The molecule has 1 saturated heterocycles. The van der Waals surface area contributed by atoms with Gasteiger partial charge in [-0.05, 0) is 69.5 Å². The van der Waals surface area contributed by atoms with Crippen LogP contribution >= 0.6 is 0 Å². The number of ether oxygens (including phenoxy) is 2. The van der Waals surface area contributed by atoms with Crippen LogP contribution in [0.3, 0.4) is 0 Å². The summed E-state index contributed by atoms with van der Waals surface area (Å²) in [6.07, 6.45) is 10.9. The summed E-state index contributed by atoms with van der Waals surface area (Å²) in [6, 6.07) is 0. The fraction of sp³-hybridized carbons (Fsp3) is 0.833. The average molecular weight is 372 g/mol. The molecule has 0 N–H and O–H groups in total. The lowest BCUT2D eigenvalue weighted by Crippen LogP contribution is -2.61. The number of fused-ring (bicyclic) bond motifs is 3. The van der Waals surface area contributed by atoms with Crippen molar-refractivity contribution in [3.05, 3.63) is 11.6 Å². The summed E-state index contributed by atoms with van der Waals surface area (Å²) in [5.41, 5.74) is 2.01. The first-order valence-electron chi connectivity index (χ1n) is 10.9. The van der Waals surface area contributed by atoms with Gasteiger partial charge in [-0.25, -0.2) is 0 Å². The van der Waals surface area contributed by atoms with Crippen LogP contribution in [-0.4, -0.2) is 44.5 Å². The molecule has 3 fully saturated rings. The number of allylic oxidation sites excluding steroid dienone is 2. The van der Waals surface area contributed by atoms with Gasteiger partial charge in [0.15, 0.2) is 5.79 Å². The Hall–Kier alpha value is -0.820. The van der Waals surface area contributed by atoms with Crippen molar-refractivity contribution in [2.75, 3.05) is 33.9 Å². The van der Waals surface area contributed by atoms with E-state index in [1.54, 1.807) is 5.57 Å². The van der Waals surface area contributed by atoms with Gasteiger partial charge < -0.3 is 9.47 Å². The van der Waals surface area contributed by atoms with Crippen LogP contribution in [0.15, 0.2) is 11.6 Å². The van der Waals surface area contributed by atoms with E-state index >= 15 is 0 Å². The summed E-state index contributed by atoms with van der Waals surface area (Å²) >= 11 is 0. The van der Waals surface area contributed by atoms with Gasteiger partial charge in [0.2, 0.25) is 0 Å². The molecule has 0 radical (unpaired) electrons. The van der Waals surface area contributed by atoms with Gasteiger partial charge >= 0.3 is 0 Å². The third-order valence-corrected chi connectivity index (χ3v) is 8.22. The van der Waals surface area contributed by atoms with Crippen LogP contribution in [0.1, 0.15) is 65.7 Å². The summed E-state index contributed by atoms with van der Waals surface area (Å²) in [5.74, 6) is 7.52. The molecule has 0 aromatic carbocycles. The fourth-order valence-corrected chi connectivity index (χ4v) is 6.93. The minimum absolute atomic E-state index is 0.0258. The normalized spacial score (nSPS) is 39.3. The number of hydrogen-bond donors (Lipinski definition) is 0. The molecule has 3 heteroatoms. The molecule has 3 atom stereocenters. The van der Waals surface area contributed by atoms with E-state index in [0.29, 0.717) is 5.92 Å². The van der Waals surface area contributed by atoms with Gasteiger partial charge in [-0.15, -0.1) is 0 Å². The summed E-state index contributed by atoms with van der Waals surface area (Å²) < 4.78 is 12.5. The second-order valence-electron chi connectivity index (χ2n) is 10.3. The van der Waals surface area contributed by atoms with Crippen molar-refractivity contribution in [3.8, 4) is 11.8 Å². The summed E-state index contributed by atoms with van der Waals surface area (Å²) in [7, 11) is 4.21. The van der Waals surface area contributed by atoms with Crippen LogP contribution in [0.2, 0.25) is 0 Å². The molecule has 0 unspecified atom stereocenters. The summed E-state index contributed by atoms with van der Waals surface area (Å²) in [4.78, 5) is 2.17. The molecule has 0 amide bonds. The minimum atomic E-state index is -0.372. The number of rotatable bonds is 1. The van der Waals surface area contributed by atoms with Gasteiger partial charge in [0.1, 0.15) is 0 Å². The predicted octanol–water partition coefficient (Wildman–Crippen LogP) is 4.63. The van der Waals surface area contributed by atoms with Crippen molar-refractivity contribution < 1.29 is 9.47 Å². The quantitative estimate of drug-likeness (QED) is 0.496. The van der Waals surface area contributed by atoms with Crippen molar-refractivity contribution in [2.24, 2.45) is 22.2 Å². The SMILES string of the molecule is CN(C)CC#C[C@]12CCCC=C1[C@@]1(C)CCC3(OCCO3)C(C)(C)[C@@H]1CC2. The zero-order valence-electron chi connectivity index (χ0n) is 18.0. The Balaban J connectivity index is 1.71. The van der Waals surface area contributed by atoms with Crippen molar-refractivity contribution >= 4 is 0 Å². The first kappa shape index (κ1) is 19.5. The summed E-state index contributed by atoms with van der Waals surface area (Å²) in [5, 5.41) is 0. The standard InChI is InChI=1S/C24H37NO2/c1-21(2)19-10-13-23(12-8-16-25(4)5)11-7-6-9-20(23)22(19,3)14-15-24(21)26-17-18-27-24/h9,19H,6-7,10-11,13-18H2,1-5H3/t19-,22-,23-/m0/s1. The largest absolute Gasteiger partial charge is 0.347 e. The van der Waals surface area contributed by atoms with Crippen molar-refractivity contribution in [1.82, 2.24) is 4.90 Å². The van der Waals surface area contributed by atoms with Crippen LogP contribution in [0.4, 0.5) is 0 Å². The van der Waals surface area contributed by atoms with Gasteiger partial charge in [0.05, 0.1) is 25.2 Å². The van der Waals surface area contributed by atoms with Gasteiger partial charge in [-0.2, -0.15) is 0 Å². The fourth-order valence-electron chi connectivity index (χ4n) is 6.93. The molecule has 1 heterocycles. The highest BCUT2D eigenvalue weighted by Crippen LogP contribution is 2.68. The Morgan fingerprint density at radius 1 is 1.07 bits per heavy atom. The van der Waals surface area contributed by atoms with E-state index in [-0.39, 0.29) is 22.0 Å². The Morgan fingerprint density at radius 3 is 2.52 bits per heavy atom. The second-order valence-corrected chi connectivity index (χ2v) is 10.3. The maximum Gasteiger partial charge on any atom is 0.173 e. The Labute approximate surface area is 165 Å². The average Bonchev–Trinajstić information content (AvgIpc) is 3.09. The van der Waals surface area contributed by atoms with E-state index in [1.165, 1.54) is 32.1 Å². The van der Waals surface area contributed by atoms with E-state index in [2.05, 4.69) is 57.7 Å². The van der Waals surface area contributed by atoms with E-state index in [9.17, 15) is 0 Å². The molecule has 3 aliphatic carbocycles. The van der Waals surface area contributed by atoms with Crippen LogP contribution in [-0.2, 0) is 9.47 Å². The number of hydrogen-bond acceptors (Lipinski definition) is 3. The third kappa shape index (κ3) is 2.83. The van der Waals surface area contributed by atoms with E-state index in [0.717, 1.165) is 32.6 Å². The molecule has 0 bridgehead atoms. The summed E-state index contributed by atoms with van der Waals surface area (Å²) in [6.45, 7) is 9.67. The molecular formula is C24H37NO2. The third-order valence-electron chi connectivity index (χ3n) is 8.22. The molecule has 4 aliphatic rings. The molecule has 0 aromatic rings. The zero-order chi connectivity index (χ0) is 19.3. The van der Waals surface area contributed by atoms with Gasteiger partial charge in [0, 0.05) is 11.8 Å². The lowest BCUT2D eigenvalue weighted by atomic mass is 9.43.